The number of ether oxygens (including phenoxy) is 1. The molecule has 2 aromatic rings. The molecular formula is C14H18N2O2. The van der Waals surface area contributed by atoms with Crippen LogP contribution in [0.1, 0.15) is 5.56 Å². The van der Waals surface area contributed by atoms with Crippen LogP contribution in [0.2, 0.25) is 0 Å². The van der Waals surface area contributed by atoms with Gasteiger partial charge in [-0.05, 0) is 25.1 Å². The van der Waals surface area contributed by atoms with E-state index in [4.69, 9.17) is 9.84 Å². The van der Waals surface area contributed by atoms with Crippen LogP contribution < -0.4 is 5.32 Å². The van der Waals surface area contributed by atoms with E-state index >= 15 is 0 Å². The molecule has 96 valence electrons. The summed E-state index contributed by atoms with van der Waals surface area (Å²) in [4.78, 5) is 4.34. The van der Waals surface area contributed by atoms with Gasteiger partial charge >= 0.3 is 0 Å². The van der Waals surface area contributed by atoms with Crippen LogP contribution in [0.15, 0.2) is 30.5 Å². The van der Waals surface area contributed by atoms with Crippen molar-refractivity contribution in [2.24, 2.45) is 0 Å². The highest BCUT2D eigenvalue weighted by Gasteiger charge is 2.01. The second kappa shape index (κ2) is 6.33. The highest BCUT2D eigenvalue weighted by Crippen LogP contribution is 2.22. The average molecular weight is 246 g/mol. The Balaban J connectivity index is 2.05. The largest absolute Gasteiger partial charge is 0.394 e. The molecule has 1 aromatic carbocycles. The van der Waals surface area contributed by atoms with Gasteiger partial charge in [0.1, 0.15) is 0 Å². The molecule has 4 heteroatoms. The fourth-order valence-corrected chi connectivity index (χ4v) is 1.84. The second-order valence-electron chi connectivity index (χ2n) is 4.14. The Hall–Kier alpha value is -1.65. The lowest BCUT2D eigenvalue weighted by Gasteiger charge is -2.10. The summed E-state index contributed by atoms with van der Waals surface area (Å²) in [6.07, 6.45) is 1.80. The van der Waals surface area contributed by atoms with Crippen LogP contribution in [0.5, 0.6) is 0 Å². The lowest BCUT2D eigenvalue weighted by Crippen LogP contribution is -2.11. The van der Waals surface area contributed by atoms with Crippen molar-refractivity contribution in [3.8, 4) is 0 Å². The molecule has 1 aromatic heterocycles. The summed E-state index contributed by atoms with van der Waals surface area (Å²) in [5, 5.41) is 13.1. The summed E-state index contributed by atoms with van der Waals surface area (Å²) in [6.45, 7) is 3.82. The van der Waals surface area contributed by atoms with Crippen LogP contribution in [0, 0.1) is 6.92 Å². The normalized spacial score (nSPS) is 10.8. The zero-order valence-corrected chi connectivity index (χ0v) is 10.5. The van der Waals surface area contributed by atoms with Crippen molar-refractivity contribution in [1.29, 1.82) is 0 Å². The molecule has 0 saturated carbocycles. The maximum atomic E-state index is 8.60. The molecular weight excluding hydrogens is 228 g/mol. The Morgan fingerprint density at radius 3 is 3.00 bits per heavy atom. The summed E-state index contributed by atoms with van der Waals surface area (Å²) in [5.74, 6) is 0. The predicted molar refractivity (Wildman–Crippen MR) is 72.9 cm³/mol. The SMILES string of the molecule is Cc1ccc2nccc(NCCOCCO)c2c1. The lowest BCUT2D eigenvalue weighted by molar-refractivity contribution is 0.0992. The molecule has 0 unspecified atom stereocenters. The van der Waals surface area contributed by atoms with Gasteiger partial charge in [-0.3, -0.25) is 4.98 Å². The first-order chi connectivity index (χ1) is 8.81. The standard InChI is InChI=1S/C14H18N2O2/c1-11-2-3-13-12(10-11)14(4-5-15-13)16-6-8-18-9-7-17/h2-5,10,17H,6-9H2,1H3,(H,15,16). The minimum Gasteiger partial charge on any atom is -0.394 e. The van der Waals surface area contributed by atoms with Crippen molar-refractivity contribution < 1.29 is 9.84 Å². The molecule has 4 nitrogen and oxygen atoms in total. The van der Waals surface area contributed by atoms with Crippen LogP contribution in [-0.2, 0) is 4.74 Å². The summed E-state index contributed by atoms with van der Waals surface area (Å²) in [6, 6.07) is 8.18. The molecule has 0 spiro atoms. The molecule has 0 aliphatic rings. The Kier molecular flexibility index (Phi) is 4.50. The monoisotopic (exact) mass is 246 g/mol. The molecule has 0 aliphatic heterocycles. The molecule has 2 rings (SSSR count). The number of aliphatic hydroxyl groups is 1. The molecule has 2 N–H and O–H groups in total. The highest BCUT2D eigenvalue weighted by molar-refractivity contribution is 5.91. The zero-order chi connectivity index (χ0) is 12.8. The van der Waals surface area contributed by atoms with Crippen molar-refractivity contribution in [3.63, 3.8) is 0 Å². The Morgan fingerprint density at radius 2 is 2.17 bits per heavy atom. The minimum absolute atomic E-state index is 0.0668. The number of benzene rings is 1. The molecule has 0 amide bonds. The Labute approximate surface area is 107 Å². The van der Waals surface area contributed by atoms with Crippen molar-refractivity contribution >= 4 is 16.6 Å². The number of hydrogen-bond acceptors (Lipinski definition) is 4. The van der Waals surface area contributed by atoms with Crippen LogP contribution in [0.25, 0.3) is 10.9 Å². The molecule has 0 bridgehead atoms. The fourth-order valence-electron chi connectivity index (χ4n) is 1.84. The Morgan fingerprint density at radius 1 is 1.28 bits per heavy atom. The number of fused-ring (bicyclic) bond motifs is 1. The first kappa shape index (κ1) is 12.8. The number of rotatable bonds is 6. The van der Waals surface area contributed by atoms with Gasteiger partial charge in [0.2, 0.25) is 0 Å². The molecule has 1 heterocycles. The van der Waals surface area contributed by atoms with Crippen molar-refractivity contribution in [1.82, 2.24) is 4.98 Å². The molecule has 18 heavy (non-hydrogen) atoms. The summed E-state index contributed by atoms with van der Waals surface area (Å²) in [5.41, 5.74) is 3.27. The van der Waals surface area contributed by atoms with Gasteiger partial charge in [0, 0.05) is 23.8 Å². The third-order valence-corrected chi connectivity index (χ3v) is 2.69. The quantitative estimate of drug-likeness (QED) is 0.765. The zero-order valence-electron chi connectivity index (χ0n) is 10.5. The number of aromatic nitrogens is 1. The number of aliphatic hydroxyl groups excluding tert-OH is 1. The third-order valence-electron chi connectivity index (χ3n) is 2.69. The lowest BCUT2D eigenvalue weighted by atomic mass is 10.1. The maximum Gasteiger partial charge on any atom is 0.0722 e. The average Bonchev–Trinajstić information content (AvgIpc) is 2.39. The van der Waals surface area contributed by atoms with Crippen molar-refractivity contribution in [2.75, 3.05) is 31.7 Å². The van der Waals surface area contributed by atoms with Gasteiger partial charge in [0.25, 0.3) is 0 Å². The third kappa shape index (κ3) is 3.18. The van der Waals surface area contributed by atoms with E-state index in [9.17, 15) is 0 Å². The molecule has 0 saturated heterocycles. The summed E-state index contributed by atoms with van der Waals surface area (Å²) < 4.78 is 5.21. The number of nitrogens with one attached hydrogen (secondary N) is 1. The van der Waals surface area contributed by atoms with Gasteiger partial charge in [0.15, 0.2) is 0 Å². The van der Waals surface area contributed by atoms with Gasteiger partial charge in [-0.15, -0.1) is 0 Å². The van der Waals surface area contributed by atoms with E-state index in [0.717, 1.165) is 16.6 Å². The number of nitrogens with zero attached hydrogens (tertiary/aromatic N) is 1. The molecule has 0 radical (unpaired) electrons. The molecule has 0 atom stereocenters. The van der Waals surface area contributed by atoms with Crippen LogP contribution in [0.3, 0.4) is 0 Å². The van der Waals surface area contributed by atoms with Gasteiger partial charge < -0.3 is 15.2 Å². The minimum atomic E-state index is 0.0668. The van der Waals surface area contributed by atoms with Crippen molar-refractivity contribution in [3.05, 3.63) is 36.0 Å². The molecule has 0 aliphatic carbocycles. The second-order valence-corrected chi connectivity index (χ2v) is 4.14. The van der Waals surface area contributed by atoms with E-state index in [1.54, 1.807) is 6.20 Å². The van der Waals surface area contributed by atoms with E-state index in [1.165, 1.54) is 5.56 Å². The topological polar surface area (TPSA) is 54.4 Å². The van der Waals surface area contributed by atoms with Gasteiger partial charge in [-0.25, -0.2) is 0 Å². The smallest absolute Gasteiger partial charge is 0.0722 e. The van der Waals surface area contributed by atoms with Crippen LogP contribution in [0.4, 0.5) is 5.69 Å². The van der Waals surface area contributed by atoms with E-state index in [2.05, 4.69) is 29.4 Å². The highest BCUT2D eigenvalue weighted by atomic mass is 16.5. The number of anilines is 1. The van der Waals surface area contributed by atoms with E-state index in [1.807, 2.05) is 12.1 Å². The fraction of sp³-hybridized carbons (Fsp3) is 0.357. The summed E-state index contributed by atoms with van der Waals surface area (Å²) >= 11 is 0. The first-order valence-corrected chi connectivity index (χ1v) is 6.09. The van der Waals surface area contributed by atoms with Gasteiger partial charge in [0.05, 0.1) is 25.3 Å². The first-order valence-electron chi connectivity index (χ1n) is 6.09. The number of aryl methyl sites for hydroxylation is 1. The van der Waals surface area contributed by atoms with Gasteiger partial charge in [-0.2, -0.15) is 0 Å². The predicted octanol–water partition coefficient (Wildman–Crippen LogP) is 1.96. The van der Waals surface area contributed by atoms with E-state index < -0.39 is 0 Å². The van der Waals surface area contributed by atoms with Gasteiger partial charge in [-0.1, -0.05) is 11.6 Å². The summed E-state index contributed by atoms with van der Waals surface area (Å²) in [7, 11) is 0. The van der Waals surface area contributed by atoms with Crippen LogP contribution >= 0.6 is 0 Å². The van der Waals surface area contributed by atoms with Crippen molar-refractivity contribution in [2.45, 2.75) is 6.92 Å². The molecule has 0 fully saturated rings. The van der Waals surface area contributed by atoms with E-state index in [0.29, 0.717) is 19.8 Å². The number of pyridine rings is 1. The Bertz CT molecular complexity index is 514. The van der Waals surface area contributed by atoms with Crippen LogP contribution in [-0.4, -0.2) is 36.5 Å². The maximum absolute atomic E-state index is 8.60. The number of hydrogen-bond donors (Lipinski definition) is 2. The van der Waals surface area contributed by atoms with E-state index in [-0.39, 0.29) is 6.61 Å².